The van der Waals surface area contributed by atoms with Crippen molar-refractivity contribution in [1.82, 2.24) is 10.2 Å². The van der Waals surface area contributed by atoms with Crippen molar-refractivity contribution in [2.75, 3.05) is 10.0 Å². The van der Waals surface area contributed by atoms with E-state index in [-0.39, 0.29) is 15.7 Å². The molecule has 2 aromatic carbocycles. The van der Waals surface area contributed by atoms with E-state index < -0.39 is 37.7 Å². The molecule has 0 unspecified atom stereocenters. The summed E-state index contributed by atoms with van der Waals surface area (Å²) in [5, 5.41) is 9.45. The molecule has 1 aromatic heterocycles. The lowest BCUT2D eigenvalue weighted by molar-refractivity contribution is -0.136. The first kappa shape index (κ1) is 22.3. The number of amides is 1. The molecule has 0 radical (unpaired) electrons. The summed E-state index contributed by atoms with van der Waals surface area (Å²) in [6, 6.07) is 8.20. The smallest absolute Gasteiger partial charge is 0.296 e. The number of sulfonamides is 1. The maximum Gasteiger partial charge on any atom is 0.418 e. The normalized spacial score (nSPS) is 11.9. The number of carbonyl (C=O) groups excluding carboxylic acids is 1. The van der Waals surface area contributed by atoms with Crippen LogP contribution in [0.2, 0.25) is 10.0 Å². The highest BCUT2D eigenvalue weighted by Gasteiger charge is 2.35. The SMILES string of the molecule is O=C(Nc1nnc(S(=O)(=O)Nc2ccccc2C(F)(F)F)s1)c1ccc(Cl)cc1Cl. The van der Waals surface area contributed by atoms with E-state index >= 15 is 0 Å². The van der Waals surface area contributed by atoms with E-state index in [2.05, 4.69) is 15.5 Å². The number of hydrogen-bond donors (Lipinski definition) is 2. The Kier molecular flexibility index (Phi) is 6.22. The maximum atomic E-state index is 13.1. The summed E-state index contributed by atoms with van der Waals surface area (Å²) in [6.07, 6.45) is -4.77. The van der Waals surface area contributed by atoms with E-state index in [0.29, 0.717) is 16.4 Å². The molecular weight excluding hydrogens is 488 g/mol. The predicted molar refractivity (Wildman–Crippen MR) is 107 cm³/mol. The molecule has 30 heavy (non-hydrogen) atoms. The van der Waals surface area contributed by atoms with Crippen LogP contribution in [0.15, 0.2) is 46.8 Å². The fourth-order valence-corrected chi connectivity index (χ4v) is 4.69. The number of rotatable bonds is 5. The van der Waals surface area contributed by atoms with Crippen LogP contribution in [0.4, 0.5) is 24.0 Å². The highest BCUT2D eigenvalue weighted by atomic mass is 35.5. The first-order valence-electron chi connectivity index (χ1n) is 7.76. The molecule has 1 amide bonds. The second kappa shape index (κ2) is 8.38. The average Bonchev–Trinajstić information content (AvgIpc) is 3.10. The molecule has 7 nitrogen and oxygen atoms in total. The second-order valence-corrected chi connectivity index (χ2v) is 9.28. The summed E-state index contributed by atoms with van der Waals surface area (Å²) in [7, 11) is -4.49. The maximum absolute atomic E-state index is 13.1. The van der Waals surface area contributed by atoms with Gasteiger partial charge in [0.15, 0.2) is 0 Å². The van der Waals surface area contributed by atoms with Crippen LogP contribution in [-0.2, 0) is 16.2 Å². The van der Waals surface area contributed by atoms with Gasteiger partial charge >= 0.3 is 6.18 Å². The van der Waals surface area contributed by atoms with Crippen LogP contribution in [0.3, 0.4) is 0 Å². The van der Waals surface area contributed by atoms with Gasteiger partial charge in [-0.25, -0.2) is 0 Å². The van der Waals surface area contributed by atoms with Crippen LogP contribution in [0, 0.1) is 0 Å². The molecule has 158 valence electrons. The van der Waals surface area contributed by atoms with E-state index in [1.807, 2.05) is 4.72 Å². The summed E-state index contributed by atoms with van der Waals surface area (Å²) in [5.41, 5.74) is -1.78. The summed E-state index contributed by atoms with van der Waals surface area (Å²) < 4.78 is 65.2. The zero-order chi connectivity index (χ0) is 22.1. The van der Waals surface area contributed by atoms with E-state index in [1.54, 1.807) is 0 Å². The highest BCUT2D eigenvalue weighted by molar-refractivity contribution is 7.94. The minimum Gasteiger partial charge on any atom is -0.296 e. The van der Waals surface area contributed by atoms with Gasteiger partial charge in [0.05, 0.1) is 21.8 Å². The second-order valence-electron chi connectivity index (χ2n) is 5.60. The number of para-hydroxylation sites is 1. The molecule has 3 aromatic rings. The zero-order valence-electron chi connectivity index (χ0n) is 14.4. The minimum atomic E-state index is -4.77. The van der Waals surface area contributed by atoms with Crippen molar-refractivity contribution >= 4 is 61.3 Å². The Bertz CT molecular complexity index is 1220. The van der Waals surface area contributed by atoms with Crippen molar-refractivity contribution in [2.45, 2.75) is 10.5 Å². The standard InChI is InChI=1S/C16H9Cl2F3N4O3S2/c17-8-5-6-9(11(18)7-8)13(26)22-14-23-24-15(29-14)30(27,28)25-12-4-2-1-3-10(12)16(19,20)21/h1-7,25H,(H,22,23,26). The molecular formula is C16H9Cl2F3N4O3S2. The van der Waals surface area contributed by atoms with Crippen molar-refractivity contribution in [3.8, 4) is 0 Å². The van der Waals surface area contributed by atoms with E-state index in [1.165, 1.54) is 24.3 Å². The van der Waals surface area contributed by atoms with Crippen LogP contribution >= 0.6 is 34.5 Å². The molecule has 0 spiro atoms. The van der Waals surface area contributed by atoms with Gasteiger partial charge in [-0.1, -0.05) is 46.7 Å². The number of anilines is 2. The summed E-state index contributed by atoms with van der Waals surface area (Å²) in [5.74, 6) is -0.702. The van der Waals surface area contributed by atoms with Crippen molar-refractivity contribution in [3.05, 3.63) is 63.6 Å². The van der Waals surface area contributed by atoms with Gasteiger partial charge in [-0.15, -0.1) is 10.2 Å². The Morgan fingerprint density at radius 2 is 1.77 bits per heavy atom. The van der Waals surface area contributed by atoms with Crippen LogP contribution in [0.5, 0.6) is 0 Å². The van der Waals surface area contributed by atoms with Crippen molar-refractivity contribution < 1.29 is 26.4 Å². The number of halogens is 5. The van der Waals surface area contributed by atoms with Gasteiger partial charge in [-0.2, -0.15) is 21.6 Å². The molecule has 1 heterocycles. The molecule has 0 bridgehead atoms. The molecule has 0 fully saturated rings. The predicted octanol–water partition coefficient (Wildman–Crippen LogP) is 4.92. The van der Waals surface area contributed by atoms with Crippen LogP contribution < -0.4 is 10.0 Å². The Balaban J connectivity index is 1.81. The molecule has 0 saturated carbocycles. The number of benzene rings is 2. The quantitative estimate of drug-likeness (QED) is 0.488. The third-order valence-corrected chi connectivity index (χ3v) is 6.63. The van der Waals surface area contributed by atoms with E-state index in [4.69, 9.17) is 23.2 Å². The fourth-order valence-electron chi connectivity index (χ4n) is 2.21. The van der Waals surface area contributed by atoms with E-state index in [9.17, 15) is 26.4 Å². The summed E-state index contributed by atoms with van der Waals surface area (Å²) in [4.78, 5) is 12.3. The van der Waals surface area contributed by atoms with Gasteiger partial charge in [-0.05, 0) is 30.3 Å². The summed E-state index contributed by atoms with van der Waals surface area (Å²) in [6.45, 7) is 0. The lowest BCUT2D eigenvalue weighted by atomic mass is 10.2. The first-order chi connectivity index (χ1) is 14.0. The minimum absolute atomic E-state index is 0.0536. The number of nitrogens with zero attached hydrogens (tertiary/aromatic N) is 2. The largest absolute Gasteiger partial charge is 0.418 e. The van der Waals surface area contributed by atoms with Crippen LogP contribution in [0.25, 0.3) is 0 Å². The van der Waals surface area contributed by atoms with Crippen molar-refractivity contribution in [3.63, 3.8) is 0 Å². The van der Waals surface area contributed by atoms with E-state index in [0.717, 1.165) is 18.2 Å². The Labute approximate surface area is 181 Å². The lowest BCUT2D eigenvalue weighted by Gasteiger charge is -2.13. The molecule has 0 saturated heterocycles. The van der Waals surface area contributed by atoms with Crippen LogP contribution in [-0.4, -0.2) is 24.5 Å². The lowest BCUT2D eigenvalue weighted by Crippen LogP contribution is -2.17. The topological polar surface area (TPSA) is 101 Å². The molecule has 3 rings (SSSR count). The monoisotopic (exact) mass is 496 g/mol. The Morgan fingerprint density at radius 3 is 2.43 bits per heavy atom. The third-order valence-electron chi connectivity index (χ3n) is 3.51. The molecule has 2 N–H and O–H groups in total. The number of carbonyl (C=O) groups is 1. The van der Waals surface area contributed by atoms with Gasteiger partial charge < -0.3 is 0 Å². The van der Waals surface area contributed by atoms with Gasteiger partial charge in [0.2, 0.25) is 5.13 Å². The highest BCUT2D eigenvalue weighted by Crippen LogP contribution is 2.35. The molecule has 0 aliphatic heterocycles. The van der Waals surface area contributed by atoms with Gasteiger partial charge in [0.1, 0.15) is 0 Å². The van der Waals surface area contributed by atoms with Gasteiger partial charge in [0, 0.05) is 5.02 Å². The Morgan fingerprint density at radius 1 is 1.07 bits per heavy atom. The molecule has 0 aliphatic rings. The molecule has 0 aliphatic carbocycles. The van der Waals surface area contributed by atoms with Gasteiger partial charge in [-0.3, -0.25) is 14.8 Å². The first-order valence-corrected chi connectivity index (χ1v) is 10.8. The molecule has 14 heteroatoms. The Hall–Kier alpha value is -2.41. The number of nitrogens with one attached hydrogen (secondary N) is 2. The zero-order valence-corrected chi connectivity index (χ0v) is 17.5. The number of aromatic nitrogens is 2. The number of hydrogen-bond acceptors (Lipinski definition) is 6. The molecule has 0 atom stereocenters. The number of alkyl halides is 3. The van der Waals surface area contributed by atoms with Gasteiger partial charge in [0.25, 0.3) is 20.3 Å². The van der Waals surface area contributed by atoms with Crippen LogP contribution in [0.1, 0.15) is 15.9 Å². The van der Waals surface area contributed by atoms with Crippen molar-refractivity contribution in [1.29, 1.82) is 0 Å². The average molecular weight is 497 g/mol. The third kappa shape index (κ3) is 5.01. The van der Waals surface area contributed by atoms with Crippen molar-refractivity contribution in [2.24, 2.45) is 0 Å². The summed E-state index contributed by atoms with van der Waals surface area (Å²) >= 11 is 12.1. The fraction of sp³-hybridized carbons (Fsp3) is 0.0625.